The van der Waals surface area contributed by atoms with E-state index < -0.39 is 51.2 Å². The van der Waals surface area contributed by atoms with E-state index in [0.29, 0.717) is 35.8 Å². The minimum Gasteiger partial charge on any atom is -0.460 e. The van der Waals surface area contributed by atoms with Crippen LogP contribution in [0, 0.1) is 24.2 Å². The highest BCUT2D eigenvalue weighted by Crippen LogP contribution is 2.57. The molecule has 1 N–H and O–H groups in total. The van der Waals surface area contributed by atoms with E-state index in [1.54, 1.807) is 20.8 Å². The Bertz CT molecular complexity index is 2300. The van der Waals surface area contributed by atoms with Crippen molar-refractivity contribution in [1.82, 2.24) is 28.5 Å². The highest BCUT2D eigenvalue weighted by molar-refractivity contribution is 7.87. The monoisotopic (exact) mass is 864 g/mol. The van der Waals surface area contributed by atoms with E-state index >= 15 is 0 Å². The van der Waals surface area contributed by atoms with Crippen LogP contribution in [0.4, 0.5) is 0 Å². The van der Waals surface area contributed by atoms with Gasteiger partial charge in [0.05, 0.1) is 41.2 Å². The van der Waals surface area contributed by atoms with E-state index in [0.717, 1.165) is 40.5 Å². The number of aryl methyl sites for hydroxylation is 1. The van der Waals surface area contributed by atoms with E-state index in [1.165, 1.54) is 19.0 Å². The number of esters is 1. The number of imidazole rings is 1. The van der Waals surface area contributed by atoms with Crippen LogP contribution in [0.5, 0.6) is 6.01 Å². The lowest BCUT2D eigenvalue weighted by Gasteiger charge is -2.29. The lowest BCUT2D eigenvalue weighted by molar-refractivity contribution is -0.159. The van der Waals surface area contributed by atoms with Crippen LogP contribution in [0.1, 0.15) is 131 Å². The number of fused-ring (bicyclic) bond motifs is 3. The number of nitrogens with one attached hydrogen (secondary N) is 1. The molecule has 16 heteroatoms. The molecule has 2 amide bonds. The molecule has 0 unspecified atom stereocenters. The second-order valence-electron chi connectivity index (χ2n) is 19.6. The molecule has 1 saturated carbocycles. The van der Waals surface area contributed by atoms with Gasteiger partial charge in [-0.05, 0) is 85.3 Å². The molecule has 1 aromatic carbocycles. The maximum Gasteiger partial charge on any atom is 0.307 e. The minimum absolute atomic E-state index is 0.0274. The third-order valence-corrected chi connectivity index (χ3v) is 13.3. The first kappa shape index (κ1) is 45.9. The zero-order valence-corrected chi connectivity index (χ0v) is 38.5. The summed E-state index contributed by atoms with van der Waals surface area (Å²) in [5.74, 6) is -1.95. The van der Waals surface area contributed by atoms with Gasteiger partial charge in [-0.1, -0.05) is 51.8 Å². The van der Waals surface area contributed by atoms with E-state index in [9.17, 15) is 27.6 Å². The van der Waals surface area contributed by atoms with Crippen molar-refractivity contribution in [3.05, 3.63) is 41.8 Å². The van der Waals surface area contributed by atoms with Gasteiger partial charge in [-0.3, -0.25) is 23.7 Å². The molecule has 1 aliphatic carbocycles. The second kappa shape index (κ2) is 17.3. The average Bonchev–Trinajstić information content (AvgIpc) is 3.43. The molecule has 0 radical (unpaired) electrons. The fourth-order valence-corrected chi connectivity index (χ4v) is 9.35. The first-order valence-corrected chi connectivity index (χ1v) is 23.0. The summed E-state index contributed by atoms with van der Waals surface area (Å²) in [5, 5.41) is 0. The van der Waals surface area contributed by atoms with Crippen LogP contribution in [-0.4, -0.2) is 94.1 Å². The summed E-state index contributed by atoms with van der Waals surface area (Å²) in [4.78, 5) is 68.0. The van der Waals surface area contributed by atoms with Crippen molar-refractivity contribution in [3.8, 4) is 17.5 Å². The maximum atomic E-state index is 14.8. The quantitative estimate of drug-likeness (QED) is 0.173. The Hall–Kier alpha value is -4.57. The zero-order chi connectivity index (χ0) is 44.8. The van der Waals surface area contributed by atoms with Crippen LogP contribution < -0.4 is 9.46 Å². The van der Waals surface area contributed by atoms with Crippen LogP contribution in [0.2, 0.25) is 0 Å². The molecule has 1 saturated heterocycles. The first-order chi connectivity index (χ1) is 28.4. The fourth-order valence-electron chi connectivity index (χ4n) is 8.73. The molecule has 15 nitrogen and oxygen atoms in total. The smallest absolute Gasteiger partial charge is 0.307 e. The Morgan fingerprint density at radius 1 is 1.07 bits per heavy atom. The molecule has 3 aromatic rings. The van der Waals surface area contributed by atoms with Crippen molar-refractivity contribution in [3.63, 3.8) is 0 Å². The molecule has 6 rings (SSSR count). The molecule has 5 atom stereocenters. The molecule has 3 aliphatic rings. The number of carbonyl (C=O) groups is 4. The van der Waals surface area contributed by atoms with Crippen LogP contribution in [-0.2, 0) is 39.5 Å². The summed E-state index contributed by atoms with van der Waals surface area (Å²) < 4.78 is 49.4. The normalized spacial score (nSPS) is 24.9. The van der Waals surface area contributed by atoms with Crippen molar-refractivity contribution in [2.45, 2.75) is 149 Å². The molecule has 2 aromatic heterocycles. The molecular weight excluding hydrogens is 801 g/mol. The molecule has 4 heterocycles. The molecule has 0 spiro atoms. The fraction of sp³-hybridized carbons (Fsp3) is 0.644. The highest BCUT2D eigenvalue weighted by atomic mass is 32.2. The standard InChI is InChI=1S/C45H64N6O9S/c1-27(2)51-33-21-17-20-32(39-47-38(28(3)58-39)43(4,5)6)37(33)46-42(51)59-31-23-34-35(52)25-45(41(55)48-61(56,57)49(10)11)24-30(45)19-16-14-12-13-15-18-29(40(54)50(34)26-31)22-36(53)60-44(7,8)9/h16-17,19-21,27,29-31,34H,12-15,18,22-26H2,1-11H3,(H,48,55)/b19-16-/t29-,30-,31-,34+,45-/m1/s1. The predicted molar refractivity (Wildman–Crippen MR) is 231 cm³/mol. The largest absolute Gasteiger partial charge is 0.460 e. The summed E-state index contributed by atoms with van der Waals surface area (Å²) in [6.45, 7) is 17.5. The van der Waals surface area contributed by atoms with Crippen LogP contribution >= 0.6 is 0 Å². The number of ketones is 1. The second-order valence-corrected chi connectivity index (χ2v) is 21.5. The summed E-state index contributed by atoms with van der Waals surface area (Å²) >= 11 is 0. The third kappa shape index (κ3) is 10.1. The lowest BCUT2D eigenvalue weighted by atomic mass is 9.90. The number of para-hydroxylation sites is 1. The van der Waals surface area contributed by atoms with Crippen LogP contribution in [0.3, 0.4) is 0 Å². The van der Waals surface area contributed by atoms with Gasteiger partial charge in [0.2, 0.25) is 17.7 Å². The lowest BCUT2D eigenvalue weighted by Crippen LogP contribution is -2.47. The number of hydrogen-bond donors (Lipinski definition) is 1. The van der Waals surface area contributed by atoms with Gasteiger partial charge >= 0.3 is 16.2 Å². The summed E-state index contributed by atoms with van der Waals surface area (Å²) in [7, 11) is -1.50. The molecule has 2 fully saturated rings. The van der Waals surface area contributed by atoms with Gasteiger partial charge < -0.3 is 18.8 Å². The SMILES string of the molecule is Cc1oc(-c2cccc3c2nc(O[C@@H]2C[C@H]4C(=O)C[C@]5(C(=O)NS(=O)(=O)N(C)C)C[C@H]5/C=C\CCCCC[C@H](CC(=O)OC(C)(C)C)C(=O)N4C2)n3C(C)C)nc1C(C)(C)C. The number of nitrogens with zero attached hydrogens (tertiary/aromatic N) is 5. The molecule has 334 valence electrons. The Kier molecular flexibility index (Phi) is 13.0. The van der Waals surface area contributed by atoms with Crippen LogP contribution in [0.15, 0.2) is 34.8 Å². The molecular formula is C45H64N6O9S. The Morgan fingerprint density at radius 2 is 1.79 bits per heavy atom. The predicted octanol–water partition coefficient (Wildman–Crippen LogP) is 6.98. The molecule has 61 heavy (non-hydrogen) atoms. The van der Waals surface area contributed by atoms with Crippen molar-refractivity contribution in [1.29, 1.82) is 0 Å². The molecule has 2 aliphatic heterocycles. The van der Waals surface area contributed by atoms with Crippen LogP contribution in [0.25, 0.3) is 22.5 Å². The van der Waals surface area contributed by atoms with E-state index in [2.05, 4.69) is 25.5 Å². The van der Waals surface area contributed by atoms with Crippen molar-refractivity contribution in [2.75, 3.05) is 20.6 Å². The number of carbonyl (C=O) groups excluding carboxylic acids is 4. The van der Waals surface area contributed by atoms with Gasteiger partial charge in [-0.2, -0.15) is 17.7 Å². The zero-order valence-electron chi connectivity index (χ0n) is 37.7. The number of amides is 2. The van der Waals surface area contributed by atoms with E-state index in [4.69, 9.17) is 23.9 Å². The maximum absolute atomic E-state index is 14.8. The van der Waals surface area contributed by atoms with E-state index in [1.807, 2.05) is 55.7 Å². The van der Waals surface area contributed by atoms with Gasteiger partial charge in [-0.25, -0.2) is 9.71 Å². The number of hydrogen-bond acceptors (Lipinski definition) is 11. The van der Waals surface area contributed by atoms with Gasteiger partial charge in [0, 0.05) is 44.3 Å². The highest BCUT2D eigenvalue weighted by Gasteiger charge is 2.61. The number of aromatic nitrogens is 3. The Morgan fingerprint density at radius 3 is 2.43 bits per heavy atom. The molecule has 0 bridgehead atoms. The van der Waals surface area contributed by atoms with Crippen molar-refractivity contribution >= 4 is 44.8 Å². The summed E-state index contributed by atoms with van der Waals surface area (Å²) in [5.41, 5.74) is 0.656. The topological polar surface area (TPSA) is 183 Å². The summed E-state index contributed by atoms with van der Waals surface area (Å²) in [6, 6.07) is 4.97. The number of Topliss-reactive ketones (excluding diaryl/α,β-unsaturated/α-hetero) is 1. The summed E-state index contributed by atoms with van der Waals surface area (Å²) in [6.07, 6.45) is 6.59. The Balaban J connectivity index is 1.37. The Labute approximate surface area is 360 Å². The van der Waals surface area contributed by atoms with Gasteiger partial charge in [-0.15, -0.1) is 0 Å². The third-order valence-electron chi connectivity index (χ3n) is 11.9. The number of benzene rings is 1. The number of oxazole rings is 1. The van der Waals surface area contributed by atoms with E-state index in [-0.39, 0.29) is 61.3 Å². The van der Waals surface area contributed by atoms with Crippen molar-refractivity contribution in [2.24, 2.45) is 17.3 Å². The average molecular weight is 865 g/mol. The number of rotatable bonds is 9. The number of ether oxygens (including phenoxy) is 2. The first-order valence-electron chi connectivity index (χ1n) is 21.5. The minimum atomic E-state index is -4.14. The van der Waals surface area contributed by atoms with Gasteiger partial charge in [0.1, 0.15) is 23.0 Å². The van der Waals surface area contributed by atoms with Gasteiger partial charge in [0.15, 0.2) is 5.78 Å². The van der Waals surface area contributed by atoms with Crippen molar-refractivity contribution < 1.29 is 41.5 Å². The van der Waals surface area contributed by atoms with Gasteiger partial charge in [0.25, 0.3) is 6.01 Å². The number of allylic oxidation sites excluding steroid dienone is 2.